The van der Waals surface area contributed by atoms with Crippen molar-refractivity contribution in [2.75, 3.05) is 24.6 Å². The van der Waals surface area contributed by atoms with Crippen LogP contribution in [0.3, 0.4) is 0 Å². The maximum Gasteiger partial charge on any atom is 0.194 e. The van der Waals surface area contributed by atoms with Crippen LogP contribution in [0.25, 0.3) is 0 Å². The summed E-state index contributed by atoms with van der Waals surface area (Å²) in [6.45, 7) is 6.72. The molecule has 1 fully saturated rings. The summed E-state index contributed by atoms with van der Waals surface area (Å²) >= 11 is 0. The van der Waals surface area contributed by atoms with Crippen LogP contribution in [0.4, 0.5) is 0 Å². The fraction of sp³-hybridized carbons (Fsp3) is 0.632. The third-order valence-electron chi connectivity index (χ3n) is 5.24. The third kappa shape index (κ3) is 4.75. The van der Waals surface area contributed by atoms with Crippen molar-refractivity contribution in [1.82, 2.24) is 10.2 Å². The van der Waals surface area contributed by atoms with Gasteiger partial charge in [-0.15, -0.1) is 0 Å². The number of nitrogens with one attached hydrogen (secondary N) is 1. The summed E-state index contributed by atoms with van der Waals surface area (Å²) in [4.78, 5) is 7.13. The monoisotopic (exact) mass is 363 g/mol. The van der Waals surface area contributed by atoms with Crippen LogP contribution < -0.4 is 5.32 Å². The highest BCUT2D eigenvalue weighted by Crippen LogP contribution is 2.21. The molecule has 0 amide bonds. The van der Waals surface area contributed by atoms with E-state index in [2.05, 4.69) is 48.3 Å². The first-order chi connectivity index (χ1) is 12.0. The second kappa shape index (κ2) is 7.77. The molecule has 0 saturated carbocycles. The molecule has 2 unspecified atom stereocenters. The second-order valence-corrected chi connectivity index (χ2v) is 9.56. The molecule has 2 aliphatic heterocycles. The molecule has 0 aromatic heterocycles. The van der Waals surface area contributed by atoms with Gasteiger partial charge in [0.15, 0.2) is 15.8 Å². The average Bonchev–Trinajstić information content (AvgIpc) is 2.96. The van der Waals surface area contributed by atoms with Gasteiger partial charge in [0, 0.05) is 25.7 Å². The molecule has 6 heteroatoms. The highest BCUT2D eigenvalue weighted by atomic mass is 32.2. The van der Waals surface area contributed by atoms with E-state index in [1.54, 1.807) is 0 Å². The molecule has 25 heavy (non-hydrogen) atoms. The molecule has 0 radical (unpaired) electrons. The summed E-state index contributed by atoms with van der Waals surface area (Å²) < 4.78 is 23.3. The van der Waals surface area contributed by atoms with E-state index < -0.39 is 9.84 Å². The van der Waals surface area contributed by atoms with Crippen LogP contribution >= 0.6 is 0 Å². The fourth-order valence-corrected chi connectivity index (χ4v) is 5.32. The lowest BCUT2D eigenvalue weighted by atomic mass is 10.0. The first kappa shape index (κ1) is 18.2. The van der Waals surface area contributed by atoms with E-state index in [0.717, 1.165) is 38.3 Å². The van der Waals surface area contributed by atoms with Crippen molar-refractivity contribution in [3.63, 3.8) is 0 Å². The summed E-state index contributed by atoms with van der Waals surface area (Å²) in [6.07, 6.45) is 2.79. The molecule has 2 atom stereocenters. The van der Waals surface area contributed by atoms with Crippen LogP contribution in [0, 0.1) is 5.92 Å². The Morgan fingerprint density at radius 3 is 2.80 bits per heavy atom. The van der Waals surface area contributed by atoms with E-state index in [-0.39, 0.29) is 11.7 Å². The van der Waals surface area contributed by atoms with Crippen molar-refractivity contribution in [2.24, 2.45) is 10.9 Å². The Hall–Kier alpha value is -1.56. The Morgan fingerprint density at radius 1 is 1.36 bits per heavy atom. The van der Waals surface area contributed by atoms with Crippen LogP contribution in [-0.2, 0) is 22.8 Å². The van der Waals surface area contributed by atoms with E-state index in [0.29, 0.717) is 18.3 Å². The van der Waals surface area contributed by atoms with Crippen LogP contribution in [0.1, 0.15) is 37.8 Å². The van der Waals surface area contributed by atoms with Gasteiger partial charge in [-0.25, -0.2) is 8.42 Å². The van der Waals surface area contributed by atoms with Gasteiger partial charge < -0.3 is 10.2 Å². The molecule has 1 aromatic carbocycles. The zero-order chi connectivity index (χ0) is 17.9. The SMILES string of the molecule is CCC(C)NC(=NCC1CCS(=O)(=O)C1)N1CCc2ccccc2C1. The van der Waals surface area contributed by atoms with Gasteiger partial charge in [0.05, 0.1) is 11.5 Å². The minimum absolute atomic E-state index is 0.163. The van der Waals surface area contributed by atoms with E-state index in [1.165, 1.54) is 11.1 Å². The highest BCUT2D eigenvalue weighted by molar-refractivity contribution is 7.91. The maximum atomic E-state index is 11.7. The molecular weight excluding hydrogens is 334 g/mol. The number of hydrogen-bond acceptors (Lipinski definition) is 3. The Morgan fingerprint density at radius 2 is 2.12 bits per heavy atom. The largest absolute Gasteiger partial charge is 0.354 e. The van der Waals surface area contributed by atoms with Gasteiger partial charge in [0.2, 0.25) is 0 Å². The van der Waals surface area contributed by atoms with E-state index in [9.17, 15) is 8.42 Å². The van der Waals surface area contributed by atoms with E-state index in [1.807, 2.05) is 0 Å². The molecule has 0 bridgehead atoms. The average molecular weight is 364 g/mol. The second-order valence-electron chi connectivity index (χ2n) is 7.33. The molecule has 138 valence electrons. The van der Waals surface area contributed by atoms with Crippen molar-refractivity contribution >= 4 is 15.8 Å². The molecule has 0 aliphatic carbocycles. The first-order valence-corrected chi connectivity index (χ1v) is 11.1. The quantitative estimate of drug-likeness (QED) is 0.658. The van der Waals surface area contributed by atoms with Gasteiger partial charge >= 0.3 is 0 Å². The first-order valence-electron chi connectivity index (χ1n) is 9.30. The van der Waals surface area contributed by atoms with Gasteiger partial charge in [-0.2, -0.15) is 0 Å². The van der Waals surface area contributed by atoms with Crippen molar-refractivity contribution in [1.29, 1.82) is 0 Å². The van der Waals surface area contributed by atoms with Gasteiger partial charge in [-0.3, -0.25) is 4.99 Å². The lowest BCUT2D eigenvalue weighted by molar-refractivity contribution is 0.369. The minimum Gasteiger partial charge on any atom is -0.354 e. The lowest BCUT2D eigenvalue weighted by Gasteiger charge is -2.33. The number of fused-ring (bicyclic) bond motifs is 1. The maximum absolute atomic E-state index is 11.7. The summed E-state index contributed by atoms with van der Waals surface area (Å²) in [5.41, 5.74) is 2.78. The van der Waals surface area contributed by atoms with Gasteiger partial charge in [0.25, 0.3) is 0 Å². The predicted octanol–water partition coefficient (Wildman–Crippen LogP) is 2.22. The van der Waals surface area contributed by atoms with Crippen LogP contribution in [-0.4, -0.2) is 49.9 Å². The topological polar surface area (TPSA) is 61.8 Å². The van der Waals surface area contributed by atoms with Crippen molar-refractivity contribution in [2.45, 2.75) is 45.7 Å². The van der Waals surface area contributed by atoms with Crippen molar-refractivity contribution in [3.05, 3.63) is 35.4 Å². The standard InChI is InChI=1S/C19H29N3O2S/c1-3-15(2)21-19(20-12-16-9-11-25(23,24)14-16)22-10-8-17-6-4-5-7-18(17)13-22/h4-7,15-16H,3,8-14H2,1-2H3,(H,20,21). The zero-order valence-corrected chi connectivity index (χ0v) is 16.1. The van der Waals surface area contributed by atoms with Gasteiger partial charge in [0.1, 0.15) is 0 Å². The van der Waals surface area contributed by atoms with Gasteiger partial charge in [-0.05, 0) is 43.2 Å². The Bertz CT molecular complexity index is 730. The minimum atomic E-state index is -2.84. The molecular formula is C19H29N3O2S. The number of benzene rings is 1. The summed E-state index contributed by atoms with van der Waals surface area (Å²) in [6, 6.07) is 8.93. The van der Waals surface area contributed by atoms with E-state index >= 15 is 0 Å². The van der Waals surface area contributed by atoms with Gasteiger partial charge in [-0.1, -0.05) is 31.2 Å². The predicted molar refractivity (Wildman–Crippen MR) is 103 cm³/mol. The molecule has 2 aliphatic rings. The highest BCUT2D eigenvalue weighted by Gasteiger charge is 2.28. The summed E-state index contributed by atoms with van der Waals surface area (Å²) in [5, 5.41) is 3.54. The number of aliphatic imine (C=N–C) groups is 1. The molecule has 1 saturated heterocycles. The molecule has 2 heterocycles. The zero-order valence-electron chi connectivity index (χ0n) is 15.2. The van der Waals surface area contributed by atoms with E-state index in [4.69, 9.17) is 4.99 Å². The third-order valence-corrected chi connectivity index (χ3v) is 7.08. The van der Waals surface area contributed by atoms with Crippen LogP contribution in [0.5, 0.6) is 0 Å². The summed E-state index contributed by atoms with van der Waals surface area (Å²) in [7, 11) is -2.84. The molecule has 1 N–H and O–H groups in total. The molecule has 0 spiro atoms. The number of guanidine groups is 1. The lowest BCUT2D eigenvalue weighted by Crippen LogP contribution is -2.47. The number of hydrogen-bond donors (Lipinski definition) is 1. The summed E-state index contributed by atoms with van der Waals surface area (Å²) in [5.74, 6) is 1.69. The van der Waals surface area contributed by atoms with Crippen LogP contribution in [0.2, 0.25) is 0 Å². The number of sulfone groups is 1. The van der Waals surface area contributed by atoms with Crippen molar-refractivity contribution in [3.8, 4) is 0 Å². The van der Waals surface area contributed by atoms with Crippen LogP contribution in [0.15, 0.2) is 29.3 Å². The number of rotatable bonds is 4. The van der Waals surface area contributed by atoms with Crippen molar-refractivity contribution < 1.29 is 8.42 Å². The normalized spacial score (nSPS) is 24.0. The smallest absolute Gasteiger partial charge is 0.194 e. The molecule has 3 rings (SSSR count). The fourth-order valence-electron chi connectivity index (χ4n) is 3.47. The number of nitrogens with zero attached hydrogens (tertiary/aromatic N) is 2. The Balaban J connectivity index is 1.72. The Labute approximate surface area is 151 Å². The molecule has 5 nitrogen and oxygen atoms in total. The molecule has 1 aromatic rings. The Kier molecular flexibility index (Phi) is 5.67.